The average molecular weight is 111 g/mol. The van der Waals surface area contributed by atoms with Gasteiger partial charge in [-0.15, -0.1) is 4.91 Å². The molecule has 0 saturated carbocycles. The minimum atomic E-state index is 0.284. The third-order valence-corrected chi connectivity index (χ3v) is 0.663. The lowest BCUT2D eigenvalue weighted by Gasteiger charge is -1.77. The van der Waals surface area contributed by atoms with Crippen LogP contribution in [0.5, 0.6) is 0 Å². The van der Waals surface area contributed by atoms with Crippen LogP contribution in [0.15, 0.2) is 29.6 Å². The lowest BCUT2D eigenvalue weighted by molar-refractivity contribution is 1.21. The van der Waals surface area contributed by atoms with Gasteiger partial charge in [-0.05, 0) is 17.7 Å². The van der Waals surface area contributed by atoms with Gasteiger partial charge in [0.1, 0.15) is 5.70 Å². The second-order valence-electron chi connectivity index (χ2n) is 1.39. The normalized spacial score (nSPS) is 9.62. The summed E-state index contributed by atoms with van der Waals surface area (Å²) in [4.78, 5) is 9.61. The summed E-state index contributed by atoms with van der Waals surface area (Å²) in [7, 11) is 0. The number of hydrogen-bond acceptors (Lipinski definition) is 2. The van der Waals surface area contributed by atoms with E-state index in [1.54, 1.807) is 6.08 Å². The van der Waals surface area contributed by atoms with Gasteiger partial charge in [-0.3, -0.25) is 0 Å². The van der Waals surface area contributed by atoms with Crippen LogP contribution >= 0.6 is 0 Å². The van der Waals surface area contributed by atoms with Crippen LogP contribution in [0.3, 0.4) is 0 Å². The van der Waals surface area contributed by atoms with Gasteiger partial charge in [0.15, 0.2) is 0 Å². The van der Waals surface area contributed by atoms with Crippen molar-refractivity contribution in [2.75, 3.05) is 0 Å². The van der Waals surface area contributed by atoms with Crippen molar-refractivity contribution < 1.29 is 0 Å². The van der Waals surface area contributed by atoms with E-state index >= 15 is 0 Å². The first-order chi connectivity index (χ1) is 3.81. The van der Waals surface area contributed by atoms with Gasteiger partial charge in [0.2, 0.25) is 0 Å². The Morgan fingerprint density at radius 2 is 2.50 bits per heavy atom. The monoisotopic (exact) mass is 111 g/mol. The van der Waals surface area contributed by atoms with E-state index in [-0.39, 0.29) is 5.70 Å². The van der Waals surface area contributed by atoms with E-state index in [0.717, 1.165) is 6.42 Å². The van der Waals surface area contributed by atoms with Crippen molar-refractivity contribution in [3.8, 4) is 0 Å². The number of nitrogens with zero attached hydrogens (tertiary/aromatic N) is 1. The number of rotatable bonds is 3. The highest BCUT2D eigenvalue weighted by atomic mass is 16.3. The Labute approximate surface area is 48.9 Å². The van der Waals surface area contributed by atoms with E-state index < -0.39 is 0 Å². The van der Waals surface area contributed by atoms with Gasteiger partial charge in [0.25, 0.3) is 0 Å². The summed E-state index contributed by atoms with van der Waals surface area (Å²) in [6.07, 6.45) is 4.35. The van der Waals surface area contributed by atoms with Crippen molar-refractivity contribution in [1.82, 2.24) is 0 Å². The fourth-order valence-electron chi connectivity index (χ4n) is 0.284. The highest BCUT2D eigenvalue weighted by molar-refractivity contribution is 5.11. The van der Waals surface area contributed by atoms with Crippen molar-refractivity contribution in [3.05, 3.63) is 29.3 Å². The van der Waals surface area contributed by atoms with Crippen LogP contribution in [0.1, 0.15) is 13.3 Å². The molecular weight excluding hydrogens is 102 g/mol. The van der Waals surface area contributed by atoms with E-state index in [0.29, 0.717) is 0 Å². The van der Waals surface area contributed by atoms with Crippen LogP contribution in [0, 0.1) is 4.91 Å². The molecule has 8 heavy (non-hydrogen) atoms. The maximum absolute atomic E-state index is 9.61. The van der Waals surface area contributed by atoms with Crippen LogP contribution in [-0.4, -0.2) is 0 Å². The molecule has 2 heteroatoms. The Morgan fingerprint density at radius 1 is 1.88 bits per heavy atom. The molecule has 2 nitrogen and oxygen atoms in total. The Balaban J connectivity index is 3.52. The highest BCUT2D eigenvalue weighted by Gasteiger charge is 1.77. The maximum atomic E-state index is 9.61. The zero-order valence-electron chi connectivity index (χ0n) is 4.92. The molecule has 0 fully saturated rings. The minimum absolute atomic E-state index is 0.284. The maximum Gasteiger partial charge on any atom is 0.100 e. The molecule has 0 rings (SSSR count). The summed E-state index contributed by atoms with van der Waals surface area (Å²) in [5.74, 6) is 0. The van der Waals surface area contributed by atoms with Gasteiger partial charge in [-0.1, -0.05) is 19.6 Å². The first-order valence-electron chi connectivity index (χ1n) is 2.50. The molecule has 0 aromatic rings. The molecule has 44 valence electrons. The zero-order chi connectivity index (χ0) is 6.41. The van der Waals surface area contributed by atoms with Crippen LogP contribution in [-0.2, 0) is 0 Å². The lowest BCUT2D eigenvalue weighted by atomic mass is 10.4. The van der Waals surface area contributed by atoms with Crippen molar-refractivity contribution in [2.45, 2.75) is 13.3 Å². The summed E-state index contributed by atoms with van der Waals surface area (Å²) in [6.45, 7) is 5.33. The van der Waals surface area contributed by atoms with E-state index in [4.69, 9.17) is 0 Å². The predicted octanol–water partition coefficient (Wildman–Crippen LogP) is 2.23. The minimum Gasteiger partial charge on any atom is -0.145 e. The number of allylic oxidation sites excluding steroid dienone is 2. The van der Waals surface area contributed by atoms with Gasteiger partial charge >= 0.3 is 0 Å². The van der Waals surface area contributed by atoms with E-state index in [1.165, 1.54) is 0 Å². The summed E-state index contributed by atoms with van der Waals surface area (Å²) < 4.78 is 0. The third-order valence-electron chi connectivity index (χ3n) is 0.663. The Morgan fingerprint density at radius 3 is 2.88 bits per heavy atom. The zero-order valence-corrected chi connectivity index (χ0v) is 4.92. The molecule has 0 atom stereocenters. The van der Waals surface area contributed by atoms with E-state index in [9.17, 15) is 4.91 Å². The number of nitroso groups, excluding NO2 is 1. The molecule has 0 amide bonds. The van der Waals surface area contributed by atoms with Crippen LogP contribution in [0.4, 0.5) is 0 Å². The summed E-state index contributed by atoms with van der Waals surface area (Å²) in [5, 5.41) is 2.59. The molecule has 0 aromatic carbocycles. The number of hydrogen-bond donors (Lipinski definition) is 0. The first kappa shape index (κ1) is 7.08. The van der Waals surface area contributed by atoms with Crippen LogP contribution in [0.25, 0.3) is 0 Å². The molecule has 0 radical (unpaired) electrons. The molecule has 0 saturated heterocycles. The molecule has 0 aromatic heterocycles. The largest absolute Gasteiger partial charge is 0.145 e. The third kappa shape index (κ3) is 3.28. The molecule has 0 aliphatic carbocycles. The molecule has 0 heterocycles. The fourth-order valence-corrected chi connectivity index (χ4v) is 0.284. The smallest absolute Gasteiger partial charge is 0.100 e. The first-order valence-corrected chi connectivity index (χ1v) is 2.50. The van der Waals surface area contributed by atoms with Gasteiger partial charge in [-0.2, -0.15) is 0 Å². The molecular formula is C6H9NO. The topological polar surface area (TPSA) is 29.4 Å². The molecule has 0 spiro atoms. The van der Waals surface area contributed by atoms with Crippen LogP contribution < -0.4 is 0 Å². The highest BCUT2D eigenvalue weighted by Crippen LogP contribution is 1.93. The van der Waals surface area contributed by atoms with E-state index in [2.05, 4.69) is 11.8 Å². The molecule has 0 bridgehead atoms. The van der Waals surface area contributed by atoms with Crippen molar-refractivity contribution in [2.24, 2.45) is 5.18 Å². The Kier molecular flexibility index (Phi) is 3.76. The average Bonchev–Trinajstić information content (AvgIpc) is 1.83. The summed E-state index contributed by atoms with van der Waals surface area (Å²) >= 11 is 0. The predicted molar refractivity (Wildman–Crippen MR) is 34.4 cm³/mol. The second-order valence-corrected chi connectivity index (χ2v) is 1.39. The SMILES string of the molecule is C=C(/C=C/CC)N=O. The summed E-state index contributed by atoms with van der Waals surface area (Å²) in [5.41, 5.74) is 0.284. The fraction of sp³-hybridized carbons (Fsp3) is 0.333. The Hall–Kier alpha value is -0.920. The lowest BCUT2D eigenvalue weighted by Crippen LogP contribution is -1.61. The molecule has 0 N–H and O–H groups in total. The van der Waals surface area contributed by atoms with Crippen molar-refractivity contribution in [1.29, 1.82) is 0 Å². The Bertz CT molecular complexity index is 116. The molecule has 0 aliphatic rings. The second kappa shape index (κ2) is 4.24. The van der Waals surface area contributed by atoms with Gasteiger partial charge < -0.3 is 0 Å². The van der Waals surface area contributed by atoms with Gasteiger partial charge in [-0.25, -0.2) is 0 Å². The molecule has 0 aliphatic heterocycles. The quantitative estimate of drug-likeness (QED) is 0.405. The van der Waals surface area contributed by atoms with E-state index in [1.807, 2.05) is 13.0 Å². The van der Waals surface area contributed by atoms with Crippen molar-refractivity contribution in [3.63, 3.8) is 0 Å². The van der Waals surface area contributed by atoms with Gasteiger partial charge in [0, 0.05) is 0 Å². The summed E-state index contributed by atoms with van der Waals surface area (Å²) in [6, 6.07) is 0. The van der Waals surface area contributed by atoms with Gasteiger partial charge in [0.05, 0.1) is 0 Å². The van der Waals surface area contributed by atoms with Crippen molar-refractivity contribution >= 4 is 0 Å². The van der Waals surface area contributed by atoms with Crippen LogP contribution in [0.2, 0.25) is 0 Å². The standard InChI is InChI=1S/C6H9NO/c1-3-4-5-6(2)7-8/h4-5H,2-3H2,1H3/b5-4+. The molecule has 0 unspecified atom stereocenters.